The molecule has 48 valence electrons. The maximum atomic E-state index is 10.3. The zero-order valence-electron chi connectivity index (χ0n) is 4.88. The predicted molar refractivity (Wildman–Crippen MR) is 27.0 cm³/mol. The van der Waals surface area contributed by atoms with E-state index in [1.54, 1.807) is 0 Å². The molecule has 0 aliphatic rings. The van der Waals surface area contributed by atoms with Crippen molar-refractivity contribution in [1.29, 1.82) is 0 Å². The van der Waals surface area contributed by atoms with E-state index in [0.29, 0.717) is 0 Å². The molecule has 1 atom stereocenters. The van der Waals surface area contributed by atoms with Crippen LogP contribution in [0.1, 0.15) is 0 Å². The van der Waals surface area contributed by atoms with Gasteiger partial charge in [-0.25, -0.2) is 4.79 Å². The Bertz CT molecular complexity index is 83.4. The molecule has 0 radical (unpaired) electrons. The fraction of sp³-hybridized carbons (Fsp3) is 0.750. The fourth-order valence-electron chi connectivity index (χ4n) is 0.212. The predicted octanol–water partition coefficient (Wildman–Crippen LogP) is -0.909. The van der Waals surface area contributed by atoms with Crippen LogP contribution in [-0.2, 0) is 14.3 Å². The van der Waals surface area contributed by atoms with Crippen LogP contribution in [0.2, 0.25) is 0 Å². The molecule has 4 nitrogen and oxygen atoms in total. The van der Waals surface area contributed by atoms with Crippen molar-refractivity contribution in [3.63, 3.8) is 0 Å². The van der Waals surface area contributed by atoms with Gasteiger partial charge in [0.15, 0.2) is 0 Å². The van der Waals surface area contributed by atoms with Gasteiger partial charge in [0.05, 0.1) is 7.11 Å². The lowest BCUT2D eigenvalue weighted by atomic mass is 10.6. The monoisotopic (exact) mass is 119 g/mol. The molecule has 0 aromatic rings. The first-order valence-electron chi connectivity index (χ1n) is 2.08. The van der Waals surface area contributed by atoms with Crippen LogP contribution in [0.3, 0.4) is 0 Å². The van der Waals surface area contributed by atoms with E-state index in [9.17, 15) is 4.79 Å². The summed E-state index contributed by atoms with van der Waals surface area (Å²) in [5, 5.41) is 0. The third kappa shape index (κ3) is 1.90. The molecule has 0 saturated carbocycles. The summed E-state index contributed by atoms with van der Waals surface area (Å²) in [5.41, 5.74) is 5.03. The third-order valence-corrected chi connectivity index (χ3v) is 0.687. The smallest absolute Gasteiger partial charge is 0.350 e. The summed E-state index contributed by atoms with van der Waals surface area (Å²) in [4.78, 5) is 10.3. The van der Waals surface area contributed by atoms with Gasteiger partial charge in [0, 0.05) is 7.11 Å². The van der Waals surface area contributed by atoms with E-state index < -0.39 is 12.2 Å². The quantitative estimate of drug-likeness (QED) is 0.377. The first-order chi connectivity index (χ1) is 3.72. The highest BCUT2D eigenvalue weighted by atomic mass is 16.6. The van der Waals surface area contributed by atoms with Gasteiger partial charge in [-0.2, -0.15) is 0 Å². The second-order valence-corrected chi connectivity index (χ2v) is 1.18. The van der Waals surface area contributed by atoms with Crippen LogP contribution < -0.4 is 5.73 Å². The molecular weight excluding hydrogens is 110 g/mol. The standard InChI is InChI=1S/C4H9NO3/c1-7-3(5)4(6)8-2/h3H,5H2,1-2H3. The molecule has 0 bridgehead atoms. The van der Waals surface area contributed by atoms with E-state index >= 15 is 0 Å². The topological polar surface area (TPSA) is 61.5 Å². The van der Waals surface area contributed by atoms with Crippen LogP contribution in [0.15, 0.2) is 0 Å². The molecule has 0 aliphatic carbocycles. The van der Waals surface area contributed by atoms with E-state index in [0.717, 1.165) is 0 Å². The molecule has 8 heavy (non-hydrogen) atoms. The Morgan fingerprint density at radius 3 is 2.25 bits per heavy atom. The molecular formula is C4H9NO3. The normalized spacial score (nSPS) is 12.9. The Balaban J connectivity index is 3.46. The number of esters is 1. The molecule has 0 amide bonds. The lowest BCUT2D eigenvalue weighted by Crippen LogP contribution is -2.32. The lowest BCUT2D eigenvalue weighted by molar-refractivity contribution is -0.151. The highest BCUT2D eigenvalue weighted by Gasteiger charge is 2.09. The van der Waals surface area contributed by atoms with E-state index in [1.807, 2.05) is 0 Å². The van der Waals surface area contributed by atoms with Crippen molar-refractivity contribution >= 4 is 5.97 Å². The van der Waals surface area contributed by atoms with Gasteiger partial charge in [0.1, 0.15) is 0 Å². The molecule has 0 rings (SSSR count). The molecule has 4 heteroatoms. The van der Waals surface area contributed by atoms with E-state index in [1.165, 1.54) is 14.2 Å². The number of ether oxygens (including phenoxy) is 2. The summed E-state index contributed by atoms with van der Waals surface area (Å²) in [6.45, 7) is 0. The molecule has 0 spiro atoms. The average molecular weight is 119 g/mol. The third-order valence-electron chi connectivity index (χ3n) is 0.687. The summed E-state index contributed by atoms with van der Waals surface area (Å²) in [6.07, 6.45) is -0.944. The second-order valence-electron chi connectivity index (χ2n) is 1.18. The molecule has 0 fully saturated rings. The van der Waals surface area contributed by atoms with Crippen LogP contribution in [-0.4, -0.2) is 26.4 Å². The highest BCUT2D eigenvalue weighted by Crippen LogP contribution is 1.80. The lowest BCUT2D eigenvalue weighted by Gasteiger charge is -2.04. The van der Waals surface area contributed by atoms with Crippen molar-refractivity contribution in [2.24, 2.45) is 5.73 Å². The SMILES string of the molecule is COC(=O)C(N)OC. The number of hydrogen-bond donors (Lipinski definition) is 1. The summed E-state index contributed by atoms with van der Waals surface area (Å²) >= 11 is 0. The molecule has 0 saturated heterocycles. The second kappa shape index (κ2) is 3.40. The van der Waals surface area contributed by atoms with Crippen LogP contribution in [0.5, 0.6) is 0 Å². The Hall–Kier alpha value is -0.610. The highest BCUT2D eigenvalue weighted by molar-refractivity contribution is 5.73. The Morgan fingerprint density at radius 2 is 2.12 bits per heavy atom. The van der Waals surface area contributed by atoms with Crippen molar-refractivity contribution in [3.8, 4) is 0 Å². The minimum Gasteiger partial charge on any atom is -0.466 e. The van der Waals surface area contributed by atoms with Crippen LogP contribution in [0.25, 0.3) is 0 Å². The summed E-state index contributed by atoms with van der Waals surface area (Å²) in [7, 11) is 2.59. The summed E-state index contributed by atoms with van der Waals surface area (Å²) < 4.78 is 8.62. The van der Waals surface area contributed by atoms with E-state index in [4.69, 9.17) is 5.73 Å². The van der Waals surface area contributed by atoms with Crippen molar-refractivity contribution in [2.75, 3.05) is 14.2 Å². The molecule has 0 aromatic carbocycles. The first-order valence-corrected chi connectivity index (χ1v) is 2.08. The number of methoxy groups -OCH3 is 2. The van der Waals surface area contributed by atoms with Crippen LogP contribution in [0, 0.1) is 0 Å². The van der Waals surface area contributed by atoms with Gasteiger partial charge >= 0.3 is 5.97 Å². The molecule has 1 unspecified atom stereocenters. The van der Waals surface area contributed by atoms with E-state index in [-0.39, 0.29) is 0 Å². The fourth-order valence-corrected chi connectivity index (χ4v) is 0.212. The largest absolute Gasteiger partial charge is 0.466 e. The Kier molecular flexibility index (Phi) is 3.14. The van der Waals surface area contributed by atoms with Crippen LogP contribution >= 0.6 is 0 Å². The van der Waals surface area contributed by atoms with Gasteiger partial charge in [-0.15, -0.1) is 0 Å². The number of hydrogen-bond acceptors (Lipinski definition) is 4. The summed E-state index contributed by atoms with van der Waals surface area (Å²) in [6, 6.07) is 0. The van der Waals surface area contributed by atoms with Gasteiger partial charge < -0.3 is 9.47 Å². The Labute approximate surface area is 47.6 Å². The number of carbonyl (C=O) groups is 1. The maximum Gasteiger partial charge on any atom is 0.350 e. The van der Waals surface area contributed by atoms with Crippen molar-refractivity contribution in [1.82, 2.24) is 0 Å². The molecule has 0 heterocycles. The minimum atomic E-state index is -0.944. The minimum absolute atomic E-state index is 0.562. The van der Waals surface area contributed by atoms with Gasteiger partial charge in [-0.05, 0) is 0 Å². The number of rotatable bonds is 2. The zero-order valence-corrected chi connectivity index (χ0v) is 4.88. The zero-order chi connectivity index (χ0) is 6.57. The average Bonchev–Trinajstić information content (AvgIpc) is 1.84. The first kappa shape index (κ1) is 7.39. The number of carbonyl (C=O) groups excluding carboxylic acids is 1. The van der Waals surface area contributed by atoms with Crippen molar-refractivity contribution in [2.45, 2.75) is 6.23 Å². The van der Waals surface area contributed by atoms with Gasteiger partial charge in [0.2, 0.25) is 6.23 Å². The van der Waals surface area contributed by atoms with E-state index in [2.05, 4.69) is 9.47 Å². The molecule has 0 aromatic heterocycles. The van der Waals surface area contributed by atoms with Gasteiger partial charge in [-0.1, -0.05) is 0 Å². The Morgan fingerprint density at radius 1 is 1.62 bits per heavy atom. The van der Waals surface area contributed by atoms with Gasteiger partial charge in [-0.3, -0.25) is 5.73 Å². The maximum absolute atomic E-state index is 10.3. The summed E-state index contributed by atoms with van der Waals surface area (Å²) in [5.74, 6) is -0.562. The van der Waals surface area contributed by atoms with Crippen molar-refractivity contribution < 1.29 is 14.3 Å². The molecule has 2 N–H and O–H groups in total. The van der Waals surface area contributed by atoms with Crippen molar-refractivity contribution in [3.05, 3.63) is 0 Å². The van der Waals surface area contributed by atoms with Crippen LogP contribution in [0.4, 0.5) is 0 Å². The molecule has 0 aliphatic heterocycles. The number of nitrogens with two attached hydrogens (primary N) is 1. The van der Waals surface area contributed by atoms with Gasteiger partial charge in [0.25, 0.3) is 0 Å².